The number of halogens is 2. The number of carboxylic acid groups (broad SMARTS) is 1. The van der Waals surface area contributed by atoms with E-state index >= 15 is 0 Å². The molecule has 1 heterocycles. The van der Waals surface area contributed by atoms with Crippen LogP contribution in [-0.4, -0.2) is 29.8 Å². The van der Waals surface area contributed by atoms with E-state index in [0.29, 0.717) is 12.1 Å². The van der Waals surface area contributed by atoms with Gasteiger partial charge in [0.2, 0.25) is 0 Å². The summed E-state index contributed by atoms with van der Waals surface area (Å²) in [6.07, 6.45) is 0. The van der Waals surface area contributed by atoms with Crippen molar-refractivity contribution in [1.29, 1.82) is 0 Å². The summed E-state index contributed by atoms with van der Waals surface area (Å²) >= 11 is 0. The summed E-state index contributed by atoms with van der Waals surface area (Å²) in [4.78, 5) is 9.74. The molecule has 0 fully saturated rings. The topological polar surface area (TPSA) is 110 Å². The fourth-order valence-electron chi connectivity index (χ4n) is 1.55. The van der Waals surface area contributed by atoms with Crippen LogP contribution in [0.3, 0.4) is 0 Å². The van der Waals surface area contributed by atoms with Gasteiger partial charge in [-0.05, 0) is 19.1 Å². The Labute approximate surface area is 117 Å². The second-order valence-electron chi connectivity index (χ2n) is 4.13. The number of carboxylic acids is 1. The SMILES string of the molecule is Cc1nonc1CS(=O)(=O)c1cc(C(=O)O)cc(F)c1F. The third kappa shape index (κ3) is 2.89. The van der Waals surface area contributed by atoms with Crippen molar-refractivity contribution in [3.05, 3.63) is 40.7 Å². The molecular weight excluding hydrogens is 310 g/mol. The van der Waals surface area contributed by atoms with E-state index in [-0.39, 0.29) is 11.4 Å². The lowest BCUT2D eigenvalue weighted by molar-refractivity contribution is 0.0696. The summed E-state index contributed by atoms with van der Waals surface area (Å²) in [5.74, 6) is -5.58. The first kappa shape index (κ1) is 15.0. The van der Waals surface area contributed by atoms with E-state index in [1.54, 1.807) is 0 Å². The predicted molar refractivity (Wildman–Crippen MR) is 63.2 cm³/mol. The maximum absolute atomic E-state index is 13.7. The number of benzene rings is 1. The highest BCUT2D eigenvalue weighted by molar-refractivity contribution is 7.90. The number of aromatic carboxylic acids is 1. The lowest BCUT2D eigenvalue weighted by atomic mass is 10.2. The van der Waals surface area contributed by atoms with Gasteiger partial charge in [-0.15, -0.1) is 0 Å². The average molecular weight is 318 g/mol. The minimum atomic E-state index is -4.36. The zero-order valence-corrected chi connectivity index (χ0v) is 11.3. The smallest absolute Gasteiger partial charge is 0.335 e. The number of rotatable bonds is 4. The molecule has 0 spiro atoms. The second kappa shape index (κ2) is 5.20. The third-order valence-electron chi connectivity index (χ3n) is 2.65. The number of nitrogens with zero attached hydrogens (tertiary/aromatic N) is 2. The summed E-state index contributed by atoms with van der Waals surface area (Å²) < 4.78 is 55.5. The Bertz CT molecular complexity index is 816. The largest absolute Gasteiger partial charge is 0.478 e. The van der Waals surface area contributed by atoms with Crippen LogP contribution >= 0.6 is 0 Å². The first-order chi connectivity index (χ1) is 9.72. The first-order valence-electron chi connectivity index (χ1n) is 5.45. The number of sulfone groups is 1. The van der Waals surface area contributed by atoms with Crippen LogP contribution in [-0.2, 0) is 15.6 Å². The van der Waals surface area contributed by atoms with E-state index in [1.807, 2.05) is 0 Å². The quantitative estimate of drug-likeness (QED) is 0.905. The lowest BCUT2D eigenvalue weighted by Gasteiger charge is -2.06. The molecule has 0 aliphatic rings. The summed E-state index contributed by atoms with van der Waals surface area (Å²) in [7, 11) is -4.36. The number of aromatic nitrogens is 2. The molecule has 0 aliphatic heterocycles. The molecule has 112 valence electrons. The standard InChI is InChI=1S/C11H8F2N2O5S/c1-5-8(15-20-14-5)4-21(18,19)9-3-6(11(16)17)2-7(12)10(9)13/h2-3H,4H2,1H3,(H,16,17). The van der Waals surface area contributed by atoms with Crippen molar-refractivity contribution in [2.75, 3.05) is 0 Å². The maximum atomic E-state index is 13.7. The molecule has 2 aromatic rings. The Balaban J connectivity index is 2.54. The van der Waals surface area contributed by atoms with Crippen LogP contribution in [0, 0.1) is 18.6 Å². The lowest BCUT2D eigenvalue weighted by Crippen LogP contribution is -2.12. The minimum Gasteiger partial charge on any atom is -0.478 e. The van der Waals surface area contributed by atoms with Gasteiger partial charge in [-0.3, -0.25) is 0 Å². The molecule has 21 heavy (non-hydrogen) atoms. The van der Waals surface area contributed by atoms with Crippen LogP contribution in [0.4, 0.5) is 8.78 Å². The molecule has 0 unspecified atom stereocenters. The van der Waals surface area contributed by atoms with E-state index in [1.165, 1.54) is 6.92 Å². The van der Waals surface area contributed by atoms with Crippen molar-refractivity contribution >= 4 is 15.8 Å². The average Bonchev–Trinajstić information content (AvgIpc) is 2.77. The summed E-state index contributed by atoms with van der Waals surface area (Å²) in [6.45, 7) is 1.42. The van der Waals surface area contributed by atoms with E-state index < -0.39 is 43.7 Å². The van der Waals surface area contributed by atoms with Crippen LogP contribution in [0.15, 0.2) is 21.7 Å². The monoisotopic (exact) mass is 318 g/mol. The van der Waals surface area contributed by atoms with E-state index in [4.69, 9.17) is 5.11 Å². The van der Waals surface area contributed by atoms with Gasteiger partial charge < -0.3 is 5.11 Å². The van der Waals surface area contributed by atoms with Gasteiger partial charge in [0.1, 0.15) is 22.0 Å². The number of aryl methyl sites for hydroxylation is 1. The summed E-state index contributed by atoms with van der Waals surface area (Å²) in [6, 6.07) is 0.957. The van der Waals surface area contributed by atoms with Crippen molar-refractivity contribution in [2.45, 2.75) is 17.6 Å². The first-order valence-corrected chi connectivity index (χ1v) is 7.10. The molecule has 1 N–H and O–H groups in total. The van der Waals surface area contributed by atoms with Crippen LogP contribution in [0.1, 0.15) is 21.7 Å². The highest BCUT2D eigenvalue weighted by atomic mass is 32.2. The molecule has 0 amide bonds. The number of carbonyl (C=O) groups is 1. The van der Waals surface area contributed by atoms with Gasteiger partial charge in [-0.25, -0.2) is 26.6 Å². The molecule has 2 rings (SSSR count). The fourth-order valence-corrected chi connectivity index (χ4v) is 3.01. The van der Waals surface area contributed by atoms with Gasteiger partial charge in [-0.1, -0.05) is 10.3 Å². The van der Waals surface area contributed by atoms with Gasteiger partial charge in [0, 0.05) is 0 Å². The molecule has 7 nitrogen and oxygen atoms in total. The van der Waals surface area contributed by atoms with Gasteiger partial charge in [-0.2, -0.15) is 0 Å². The fraction of sp³-hybridized carbons (Fsp3) is 0.182. The molecule has 0 saturated carbocycles. The third-order valence-corrected chi connectivity index (χ3v) is 4.27. The molecule has 0 radical (unpaired) electrons. The number of hydrogen-bond donors (Lipinski definition) is 1. The van der Waals surface area contributed by atoms with Gasteiger partial charge in [0.15, 0.2) is 21.5 Å². The van der Waals surface area contributed by atoms with Crippen molar-refractivity contribution in [2.24, 2.45) is 0 Å². The highest BCUT2D eigenvalue weighted by Gasteiger charge is 2.27. The van der Waals surface area contributed by atoms with Crippen LogP contribution in [0.25, 0.3) is 0 Å². The molecule has 0 aliphatic carbocycles. The number of hydrogen-bond acceptors (Lipinski definition) is 6. The second-order valence-corrected chi connectivity index (χ2v) is 6.09. The van der Waals surface area contributed by atoms with Crippen molar-refractivity contribution in [3.8, 4) is 0 Å². The Morgan fingerprint density at radius 1 is 1.33 bits per heavy atom. The highest BCUT2D eigenvalue weighted by Crippen LogP contribution is 2.23. The van der Waals surface area contributed by atoms with Crippen molar-refractivity contribution < 1.29 is 31.7 Å². The molecule has 0 bridgehead atoms. The summed E-state index contributed by atoms with van der Waals surface area (Å²) in [5, 5.41) is 15.5. The van der Waals surface area contributed by atoms with Crippen LogP contribution in [0.5, 0.6) is 0 Å². The molecular formula is C11H8F2N2O5S. The molecule has 0 saturated heterocycles. The van der Waals surface area contributed by atoms with Crippen LogP contribution < -0.4 is 0 Å². The van der Waals surface area contributed by atoms with Crippen LogP contribution in [0.2, 0.25) is 0 Å². The normalized spacial score (nSPS) is 11.6. The van der Waals surface area contributed by atoms with E-state index in [2.05, 4.69) is 14.9 Å². The maximum Gasteiger partial charge on any atom is 0.335 e. The van der Waals surface area contributed by atoms with Crippen molar-refractivity contribution in [3.63, 3.8) is 0 Å². The van der Waals surface area contributed by atoms with E-state index in [0.717, 1.165) is 0 Å². The van der Waals surface area contributed by atoms with E-state index in [9.17, 15) is 22.0 Å². The molecule has 0 atom stereocenters. The molecule has 10 heteroatoms. The Morgan fingerprint density at radius 3 is 2.52 bits per heavy atom. The Morgan fingerprint density at radius 2 is 2.00 bits per heavy atom. The molecule has 1 aromatic heterocycles. The zero-order chi connectivity index (χ0) is 15.8. The van der Waals surface area contributed by atoms with Gasteiger partial charge in [0.05, 0.1) is 5.56 Å². The Kier molecular flexibility index (Phi) is 3.73. The zero-order valence-electron chi connectivity index (χ0n) is 10.5. The van der Waals surface area contributed by atoms with Gasteiger partial charge >= 0.3 is 5.97 Å². The minimum absolute atomic E-state index is 0.0736. The summed E-state index contributed by atoms with van der Waals surface area (Å²) in [5.41, 5.74) is -0.577. The molecule has 1 aromatic carbocycles. The van der Waals surface area contributed by atoms with Gasteiger partial charge in [0.25, 0.3) is 0 Å². The Hall–Kier alpha value is -2.36. The van der Waals surface area contributed by atoms with Crippen molar-refractivity contribution in [1.82, 2.24) is 10.3 Å². The predicted octanol–water partition coefficient (Wildman–Crippen LogP) is 1.33.